The lowest BCUT2D eigenvalue weighted by Crippen LogP contribution is -2.57. The first-order chi connectivity index (χ1) is 20.3. The maximum atomic E-state index is 15.0. The van der Waals surface area contributed by atoms with Gasteiger partial charge in [0.05, 0.1) is 19.2 Å². The number of fused-ring (bicyclic) bond motifs is 1. The number of nitrogens with one attached hydrogen (secondary N) is 3. The minimum absolute atomic E-state index is 0.0528. The summed E-state index contributed by atoms with van der Waals surface area (Å²) in [6, 6.07) is 8.93. The van der Waals surface area contributed by atoms with Crippen molar-refractivity contribution in [3.8, 4) is 5.75 Å². The number of ether oxygens (including phenoxy) is 1. The number of methoxy groups -OCH3 is 1. The quantitative estimate of drug-likeness (QED) is 0.418. The number of piperidine rings is 1. The highest BCUT2D eigenvalue weighted by molar-refractivity contribution is 5.82. The Morgan fingerprint density at radius 3 is 2.69 bits per heavy atom. The SMILES string of the molecule is CCN(CC)C(=O)[C@@H]1CC[C@@H](NC(=O)C2CCC3NNC(c4ccnc(C)c4)C3C2)CN1Cc1c(F)cccc1OC. The van der Waals surface area contributed by atoms with Crippen LogP contribution in [0.1, 0.15) is 68.8 Å². The number of hydrazine groups is 1. The molecule has 0 radical (unpaired) electrons. The van der Waals surface area contributed by atoms with Gasteiger partial charge >= 0.3 is 0 Å². The van der Waals surface area contributed by atoms with Gasteiger partial charge in [-0.15, -0.1) is 0 Å². The van der Waals surface area contributed by atoms with E-state index in [0.29, 0.717) is 55.7 Å². The minimum Gasteiger partial charge on any atom is -0.496 e. The molecule has 1 aromatic heterocycles. The molecule has 1 saturated carbocycles. The summed E-state index contributed by atoms with van der Waals surface area (Å²) in [5, 5.41) is 3.33. The molecule has 1 aliphatic carbocycles. The van der Waals surface area contributed by atoms with E-state index in [9.17, 15) is 14.0 Å². The third-order valence-electron chi connectivity index (χ3n) is 9.45. The first kappa shape index (κ1) is 30.4. The number of carbonyl (C=O) groups excluding carboxylic acids is 2. The molecule has 3 fully saturated rings. The smallest absolute Gasteiger partial charge is 0.239 e. The van der Waals surface area contributed by atoms with Crippen LogP contribution in [0.4, 0.5) is 4.39 Å². The van der Waals surface area contributed by atoms with E-state index in [1.807, 2.05) is 36.8 Å². The van der Waals surface area contributed by atoms with E-state index in [0.717, 1.165) is 25.0 Å². The summed E-state index contributed by atoms with van der Waals surface area (Å²) in [7, 11) is 1.53. The highest BCUT2D eigenvalue weighted by Crippen LogP contribution is 2.40. The fourth-order valence-electron chi connectivity index (χ4n) is 7.15. The van der Waals surface area contributed by atoms with Crippen LogP contribution in [0.5, 0.6) is 5.75 Å². The average molecular weight is 581 g/mol. The van der Waals surface area contributed by atoms with E-state index in [1.165, 1.54) is 18.7 Å². The molecule has 4 unspecified atom stereocenters. The molecule has 2 aliphatic heterocycles. The number of likely N-dealkylation sites (tertiary alicyclic amines) is 1. The van der Waals surface area contributed by atoms with Crippen molar-refractivity contribution in [2.75, 3.05) is 26.7 Å². The molecule has 2 aromatic rings. The van der Waals surface area contributed by atoms with Gasteiger partial charge in [-0.1, -0.05) is 6.07 Å². The van der Waals surface area contributed by atoms with Crippen LogP contribution in [0.2, 0.25) is 0 Å². The number of likely N-dealkylation sites (N-methyl/N-ethyl adjacent to an activating group) is 1. The first-order valence-electron chi connectivity index (χ1n) is 15.4. The van der Waals surface area contributed by atoms with Crippen LogP contribution in [0, 0.1) is 24.6 Å². The average Bonchev–Trinajstić information content (AvgIpc) is 3.42. The summed E-state index contributed by atoms with van der Waals surface area (Å²) >= 11 is 0. The molecule has 3 aliphatic rings. The highest BCUT2D eigenvalue weighted by Gasteiger charge is 2.43. The number of carbonyl (C=O) groups is 2. The third kappa shape index (κ3) is 6.45. The highest BCUT2D eigenvalue weighted by atomic mass is 19.1. The number of hydrogen-bond donors (Lipinski definition) is 3. The van der Waals surface area contributed by atoms with Crippen molar-refractivity contribution in [2.24, 2.45) is 11.8 Å². The fourth-order valence-corrected chi connectivity index (χ4v) is 7.15. The van der Waals surface area contributed by atoms with Crippen LogP contribution in [0.15, 0.2) is 36.5 Å². The second kappa shape index (κ2) is 13.5. The Morgan fingerprint density at radius 2 is 1.95 bits per heavy atom. The van der Waals surface area contributed by atoms with E-state index in [-0.39, 0.29) is 48.2 Å². The predicted octanol–water partition coefficient (Wildman–Crippen LogP) is 3.49. The van der Waals surface area contributed by atoms with Crippen LogP contribution >= 0.6 is 0 Å². The zero-order chi connectivity index (χ0) is 29.8. The van der Waals surface area contributed by atoms with Crippen LogP contribution in [-0.2, 0) is 16.1 Å². The molecule has 2 saturated heterocycles. The number of aryl methyl sites for hydroxylation is 1. The predicted molar refractivity (Wildman–Crippen MR) is 159 cm³/mol. The summed E-state index contributed by atoms with van der Waals surface area (Å²) in [5.74, 6) is 0.468. The van der Waals surface area contributed by atoms with Gasteiger partial charge in [0, 0.05) is 61.6 Å². The summed E-state index contributed by atoms with van der Waals surface area (Å²) in [5.41, 5.74) is 9.53. The summed E-state index contributed by atoms with van der Waals surface area (Å²) in [4.78, 5) is 35.4. The van der Waals surface area contributed by atoms with Gasteiger partial charge in [-0.2, -0.15) is 0 Å². The molecule has 42 heavy (non-hydrogen) atoms. The van der Waals surface area contributed by atoms with Crippen LogP contribution in [-0.4, -0.2) is 71.5 Å². The number of halogens is 1. The molecule has 9 nitrogen and oxygen atoms in total. The Morgan fingerprint density at radius 1 is 1.14 bits per heavy atom. The van der Waals surface area contributed by atoms with Crippen LogP contribution < -0.4 is 20.9 Å². The number of amides is 2. The number of nitrogens with zero attached hydrogens (tertiary/aromatic N) is 3. The van der Waals surface area contributed by atoms with Crippen molar-refractivity contribution in [2.45, 2.75) is 83.6 Å². The van der Waals surface area contributed by atoms with Crippen molar-refractivity contribution < 1.29 is 18.7 Å². The Kier molecular flexibility index (Phi) is 9.75. The van der Waals surface area contributed by atoms with Crippen molar-refractivity contribution in [1.82, 2.24) is 31.0 Å². The fraction of sp³-hybridized carbons (Fsp3) is 0.594. The van der Waals surface area contributed by atoms with Crippen molar-refractivity contribution in [1.29, 1.82) is 0 Å². The van der Waals surface area contributed by atoms with Crippen molar-refractivity contribution in [3.05, 3.63) is 59.2 Å². The molecule has 3 N–H and O–H groups in total. The van der Waals surface area contributed by atoms with Gasteiger partial charge in [0.1, 0.15) is 11.6 Å². The Hall–Kier alpha value is -3.08. The lowest BCUT2D eigenvalue weighted by Gasteiger charge is -2.41. The maximum absolute atomic E-state index is 15.0. The third-order valence-corrected chi connectivity index (χ3v) is 9.45. The molecule has 228 valence electrons. The molecule has 5 rings (SSSR count). The van der Waals surface area contributed by atoms with Gasteiger partial charge in [0.25, 0.3) is 0 Å². The molecule has 2 amide bonds. The molecule has 6 atom stereocenters. The molecular formula is C32H45FN6O3. The molecular weight excluding hydrogens is 535 g/mol. The van der Waals surface area contributed by atoms with E-state index < -0.39 is 0 Å². The second-order valence-electron chi connectivity index (χ2n) is 11.9. The van der Waals surface area contributed by atoms with E-state index >= 15 is 0 Å². The van der Waals surface area contributed by atoms with Gasteiger partial charge < -0.3 is 15.0 Å². The normalized spacial score (nSPS) is 27.7. The number of pyridine rings is 1. The Balaban J connectivity index is 1.28. The number of hydrogen-bond acceptors (Lipinski definition) is 7. The second-order valence-corrected chi connectivity index (χ2v) is 11.9. The summed E-state index contributed by atoms with van der Waals surface area (Å²) < 4.78 is 20.4. The first-order valence-corrected chi connectivity index (χ1v) is 15.4. The lowest BCUT2D eigenvalue weighted by molar-refractivity contribution is -0.138. The van der Waals surface area contributed by atoms with Crippen molar-refractivity contribution in [3.63, 3.8) is 0 Å². The largest absolute Gasteiger partial charge is 0.496 e. The van der Waals surface area contributed by atoms with Crippen LogP contribution in [0.3, 0.4) is 0 Å². The summed E-state index contributed by atoms with van der Waals surface area (Å²) in [6.07, 6.45) is 5.71. The number of benzene rings is 1. The molecule has 0 bridgehead atoms. The lowest BCUT2D eigenvalue weighted by atomic mass is 9.74. The van der Waals surface area contributed by atoms with E-state index in [2.05, 4.69) is 33.3 Å². The number of rotatable bonds is 9. The molecule has 1 aromatic carbocycles. The zero-order valence-corrected chi connectivity index (χ0v) is 25.2. The van der Waals surface area contributed by atoms with E-state index in [1.54, 1.807) is 12.1 Å². The Bertz CT molecular complexity index is 1260. The van der Waals surface area contributed by atoms with Gasteiger partial charge in [-0.3, -0.25) is 24.9 Å². The van der Waals surface area contributed by atoms with E-state index in [4.69, 9.17) is 4.74 Å². The minimum atomic E-state index is -0.377. The molecule has 10 heteroatoms. The molecule has 0 spiro atoms. The Labute approximate surface area is 248 Å². The topological polar surface area (TPSA) is 98.8 Å². The van der Waals surface area contributed by atoms with Gasteiger partial charge in [0.2, 0.25) is 11.8 Å². The van der Waals surface area contributed by atoms with Gasteiger partial charge in [0.15, 0.2) is 0 Å². The number of aromatic nitrogens is 1. The maximum Gasteiger partial charge on any atom is 0.239 e. The van der Waals surface area contributed by atoms with Crippen molar-refractivity contribution >= 4 is 11.8 Å². The standard InChI is InChI=1S/C32H45FN6O3/c1-5-38(6-2)32(41)28-13-11-23(18-39(28)19-25-26(33)8-7-9-29(25)42-4)35-31(40)22-10-12-27-24(17-22)30(37-36-27)21-14-15-34-20(3)16-21/h7-9,14-16,22-24,27-28,30,36-37H,5-6,10-13,17-19H2,1-4H3,(H,35,40)/t22?,23-,24?,27?,28+,30?/m1/s1. The van der Waals surface area contributed by atoms with Gasteiger partial charge in [-0.25, -0.2) is 9.82 Å². The van der Waals surface area contributed by atoms with Gasteiger partial charge in [-0.05, 0) is 88.6 Å². The monoisotopic (exact) mass is 580 g/mol. The van der Waals surface area contributed by atoms with Crippen LogP contribution in [0.25, 0.3) is 0 Å². The zero-order valence-electron chi connectivity index (χ0n) is 25.2. The molecule has 3 heterocycles. The summed E-state index contributed by atoms with van der Waals surface area (Å²) in [6.45, 7) is 7.90.